The van der Waals surface area contributed by atoms with Crippen molar-refractivity contribution in [2.75, 3.05) is 32.1 Å². The third-order valence-corrected chi connectivity index (χ3v) is 6.55. The first-order chi connectivity index (χ1) is 17.5. The van der Waals surface area contributed by atoms with Gasteiger partial charge in [0.05, 0.1) is 6.61 Å². The molecule has 0 radical (unpaired) electrons. The molecule has 2 aromatic heterocycles. The first kappa shape index (κ1) is 24.0. The monoisotopic (exact) mass is 505 g/mol. The van der Waals surface area contributed by atoms with Crippen LogP contribution in [0.3, 0.4) is 0 Å². The Labute approximate surface area is 213 Å². The summed E-state index contributed by atoms with van der Waals surface area (Å²) in [4.78, 5) is 19.4. The van der Waals surface area contributed by atoms with Crippen molar-refractivity contribution < 1.29 is 18.7 Å². The highest BCUT2D eigenvalue weighted by molar-refractivity contribution is 7.13. The summed E-state index contributed by atoms with van der Waals surface area (Å²) in [5, 5.41) is 13.1. The lowest BCUT2D eigenvalue weighted by molar-refractivity contribution is 0.102. The number of nitrogens with one attached hydrogen (secondary N) is 1. The summed E-state index contributed by atoms with van der Waals surface area (Å²) in [6.45, 7) is 4.45. The van der Waals surface area contributed by atoms with Gasteiger partial charge in [0, 0.05) is 48.2 Å². The molecule has 1 amide bonds. The zero-order valence-corrected chi connectivity index (χ0v) is 21.0. The molecular weight excluding hydrogens is 478 g/mol. The van der Waals surface area contributed by atoms with Gasteiger partial charge in [0.1, 0.15) is 17.2 Å². The number of amides is 1. The molecule has 36 heavy (non-hydrogen) atoms. The van der Waals surface area contributed by atoms with Gasteiger partial charge in [-0.15, -0.1) is 21.5 Å². The van der Waals surface area contributed by atoms with Gasteiger partial charge in [-0.3, -0.25) is 10.1 Å². The number of piperidine rings is 1. The Kier molecular flexibility index (Phi) is 7.24. The molecule has 1 fully saturated rings. The minimum Gasteiger partial charge on any atom is -0.493 e. The number of anilines is 1. The number of hydrogen-bond donors (Lipinski definition) is 1. The molecule has 9 nitrogen and oxygen atoms in total. The molecule has 1 saturated heterocycles. The summed E-state index contributed by atoms with van der Waals surface area (Å²) in [6.07, 6.45) is 3.94. The smallest absolute Gasteiger partial charge is 0.257 e. The second-order valence-corrected chi connectivity index (χ2v) is 9.71. The number of carbonyl (C=O) groups is 1. The Bertz CT molecular complexity index is 1310. The summed E-state index contributed by atoms with van der Waals surface area (Å²) in [5.41, 5.74) is 1.22. The number of nitrogens with zero attached hydrogens (tertiary/aromatic N) is 4. The van der Waals surface area contributed by atoms with Gasteiger partial charge in [-0.1, -0.05) is 0 Å². The minimum atomic E-state index is -0.278. The highest BCUT2D eigenvalue weighted by Crippen LogP contribution is 2.30. The molecule has 1 atom stereocenters. The van der Waals surface area contributed by atoms with E-state index in [-0.39, 0.29) is 5.91 Å². The lowest BCUT2D eigenvalue weighted by Gasteiger charge is -2.29. The van der Waals surface area contributed by atoms with E-state index < -0.39 is 0 Å². The summed E-state index contributed by atoms with van der Waals surface area (Å²) in [5.74, 6) is 2.81. The number of aromatic nitrogens is 3. The molecule has 1 N–H and O–H groups in total. The number of ether oxygens (including phenoxy) is 2. The SMILES string of the molecule is Cc1nnc(-c2ccc(Oc3cc(OCC4CCCN(C)C4)cc(C(=O)Nc4nccs4)c3)cc2)o1. The zero-order valence-electron chi connectivity index (χ0n) is 20.1. The third kappa shape index (κ3) is 6.07. The number of likely N-dealkylation sites (tertiary alicyclic amines) is 1. The number of carbonyl (C=O) groups excluding carboxylic acids is 1. The molecular formula is C26H27N5O4S. The van der Waals surface area contributed by atoms with Crippen molar-refractivity contribution in [3.05, 3.63) is 65.5 Å². The van der Waals surface area contributed by atoms with Crippen LogP contribution < -0.4 is 14.8 Å². The Hall–Kier alpha value is -3.76. The van der Waals surface area contributed by atoms with Crippen LogP contribution in [0.2, 0.25) is 0 Å². The lowest BCUT2D eigenvalue weighted by Crippen LogP contribution is -2.34. The molecule has 10 heteroatoms. The number of rotatable bonds is 8. The second-order valence-electron chi connectivity index (χ2n) is 8.82. The van der Waals surface area contributed by atoms with Crippen LogP contribution >= 0.6 is 11.3 Å². The normalized spacial score (nSPS) is 16.0. The van der Waals surface area contributed by atoms with Crippen LogP contribution in [-0.2, 0) is 0 Å². The Balaban J connectivity index is 1.34. The van der Waals surface area contributed by atoms with Crippen molar-refractivity contribution >= 4 is 22.4 Å². The maximum atomic E-state index is 12.9. The first-order valence-corrected chi connectivity index (χ1v) is 12.7. The Morgan fingerprint density at radius 3 is 2.72 bits per heavy atom. The van der Waals surface area contributed by atoms with Crippen LogP contribution in [0.15, 0.2) is 58.5 Å². The van der Waals surface area contributed by atoms with E-state index in [0.717, 1.165) is 31.5 Å². The topological polar surface area (TPSA) is 103 Å². The number of aryl methyl sites for hydroxylation is 1. The van der Waals surface area contributed by atoms with E-state index in [1.807, 2.05) is 35.7 Å². The van der Waals surface area contributed by atoms with Crippen molar-refractivity contribution in [2.45, 2.75) is 19.8 Å². The van der Waals surface area contributed by atoms with E-state index in [0.29, 0.717) is 52.2 Å². The molecule has 0 saturated carbocycles. The van der Waals surface area contributed by atoms with Gasteiger partial charge in [-0.05, 0) is 62.8 Å². The molecule has 2 aromatic carbocycles. The third-order valence-electron chi connectivity index (χ3n) is 5.87. The fraction of sp³-hybridized carbons (Fsp3) is 0.308. The standard InChI is InChI=1S/C26H27N5O4S/c1-17-29-30-25(34-17)19-5-7-21(8-6-19)35-23-13-20(24(32)28-26-27-9-11-36-26)12-22(14-23)33-16-18-4-3-10-31(2)15-18/h5-9,11-14,18H,3-4,10,15-16H2,1-2H3,(H,27,28,32). The van der Waals surface area contributed by atoms with Gasteiger partial charge in [0.25, 0.3) is 5.91 Å². The number of thiazole rings is 1. The molecule has 4 aromatic rings. The van der Waals surface area contributed by atoms with E-state index in [1.165, 1.54) is 11.3 Å². The van der Waals surface area contributed by atoms with E-state index in [1.54, 1.807) is 25.3 Å². The fourth-order valence-electron chi connectivity index (χ4n) is 4.14. The van der Waals surface area contributed by atoms with Crippen LogP contribution in [-0.4, -0.2) is 52.7 Å². The summed E-state index contributed by atoms with van der Waals surface area (Å²) >= 11 is 1.36. The van der Waals surface area contributed by atoms with Gasteiger partial charge >= 0.3 is 0 Å². The van der Waals surface area contributed by atoms with Crippen LogP contribution in [0.4, 0.5) is 5.13 Å². The molecule has 1 unspecified atom stereocenters. The summed E-state index contributed by atoms with van der Waals surface area (Å²) in [7, 11) is 2.13. The van der Waals surface area contributed by atoms with E-state index in [2.05, 4.69) is 32.4 Å². The van der Waals surface area contributed by atoms with E-state index >= 15 is 0 Å². The minimum absolute atomic E-state index is 0.278. The van der Waals surface area contributed by atoms with E-state index in [9.17, 15) is 4.79 Å². The number of hydrogen-bond acceptors (Lipinski definition) is 9. The van der Waals surface area contributed by atoms with Crippen molar-refractivity contribution in [2.24, 2.45) is 5.92 Å². The van der Waals surface area contributed by atoms with Crippen molar-refractivity contribution in [3.8, 4) is 28.7 Å². The maximum absolute atomic E-state index is 12.9. The average molecular weight is 506 g/mol. The van der Waals surface area contributed by atoms with Gasteiger partial charge < -0.3 is 18.8 Å². The molecule has 0 aliphatic carbocycles. The molecule has 5 rings (SSSR count). The van der Waals surface area contributed by atoms with Gasteiger partial charge in [-0.25, -0.2) is 4.98 Å². The van der Waals surface area contributed by atoms with Crippen molar-refractivity contribution in [1.82, 2.24) is 20.1 Å². The molecule has 186 valence electrons. The molecule has 0 spiro atoms. The Morgan fingerprint density at radius 2 is 2.00 bits per heavy atom. The molecule has 3 heterocycles. The van der Waals surface area contributed by atoms with Crippen LogP contribution in [0, 0.1) is 12.8 Å². The van der Waals surface area contributed by atoms with Gasteiger partial charge in [-0.2, -0.15) is 0 Å². The Morgan fingerprint density at radius 1 is 1.17 bits per heavy atom. The predicted octanol–water partition coefficient (Wildman–Crippen LogP) is 5.27. The molecule has 1 aliphatic rings. The summed E-state index contributed by atoms with van der Waals surface area (Å²) in [6, 6.07) is 12.6. The van der Waals surface area contributed by atoms with Crippen LogP contribution in [0.1, 0.15) is 29.1 Å². The van der Waals surface area contributed by atoms with Crippen LogP contribution in [0.25, 0.3) is 11.5 Å². The fourth-order valence-corrected chi connectivity index (χ4v) is 4.66. The van der Waals surface area contributed by atoms with Crippen LogP contribution in [0.5, 0.6) is 17.2 Å². The molecule has 1 aliphatic heterocycles. The quantitative estimate of drug-likeness (QED) is 0.346. The summed E-state index contributed by atoms with van der Waals surface area (Å²) < 4.78 is 17.7. The second kappa shape index (κ2) is 10.9. The highest BCUT2D eigenvalue weighted by Gasteiger charge is 2.19. The lowest BCUT2D eigenvalue weighted by atomic mass is 9.99. The predicted molar refractivity (Wildman–Crippen MR) is 137 cm³/mol. The van der Waals surface area contributed by atoms with Crippen molar-refractivity contribution in [1.29, 1.82) is 0 Å². The largest absolute Gasteiger partial charge is 0.493 e. The maximum Gasteiger partial charge on any atom is 0.257 e. The van der Waals surface area contributed by atoms with Gasteiger partial charge in [0.2, 0.25) is 11.8 Å². The van der Waals surface area contributed by atoms with Crippen molar-refractivity contribution in [3.63, 3.8) is 0 Å². The molecule has 0 bridgehead atoms. The zero-order chi connectivity index (χ0) is 24.9. The average Bonchev–Trinajstić information content (AvgIpc) is 3.55. The first-order valence-electron chi connectivity index (χ1n) is 11.8. The highest BCUT2D eigenvalue weighted by atomic mass is 32.1. The van der Waals surface area contributed by atoms with Gasteiger partial charge in [0.15, 0.2) is 5.13 Å². The van der Waals surface area contributed by atoms with E-state index in [4.69, 9.17) is 13.9 Å². The number of benzene rings is 2.